The number of aryl methyl sites for hydroxylation is 1. The highest BCUT2D eigenvalue weighted by Gasteiger charge is 1.98. The minimum absolute atomic E-state index is 0.0132. The van der Waals surface area contributed by atoms with Gasteiger partial charge in [-0.1, -0.05) is 6.07 Å². The van der Waals surface area contributed by atoms with E-state index in [4.69, 9.17) is 5.84 Å². The van der Waals surface area contributed by atoms with Crippen molar-refractivity contribution in [3.8, 4) is 0 Å². The number of carbonyl (C=O) groups is 1. The van der Waals surface area contributed by atoms with Crippen LogP contribution in [0, 0.1) is 0 Å². The zero-order chi connectivity index (χ0) is 11.1. The lowest BCUT2D eigenvalue weighted by molar-refractivity contribution is -0.121. The van der Waals surface area contributed by atoms with Crippen LogP contribution in [0.1, 0.15) is 19.3 Å². The number of amides is 1. The van der Waals surface area contributed by atoms with Gasteiger partial charge in [-0.05, 0) is 18.9 Å². The number of rotatable bonds is 5. The summed E-state index contributed by atoms with van der Waals surface area (Å²) in [7, 11) is 0. The predicted molar refractivity (Wildman–Crippen MR) is 56.9 cm³/mol. The lowest BCUT2D eigenvalue weighted by Gasteiger charge is -2.04. The third-order valence-electron chi connectivity index (χ3n) is 2.11. The van der Waals surface area contributed by atoms with Gasteiger partial charge in [0.05, 0.1) is 0 Å². The van der Waals surface area contributed by atoms with E-state index >= 15 is 0 Å². The van der Waals surface area contributed by atoms with Gasteiger partial charge in [0.1, 0.15) is 0 Å². The molecule has 1 heterocycles. The van der Waals surface area contributed by atoms with E-state index in [0.29, 0.717) is 13.0 Å². The van der Waals surface area contributed by atoms with Crippen molar-refractivity contribution in [2.45, 2.75) is 25.8 Å². The standard InChI is InChI=1S/C10H15N3O2/c11-12-9(14)5-1-3-7-13-8-4-2-6-10(13)15/h2,4,6,8H,1,3,5,7,11H2,(H,12,14). The highest BCUT2D eigenvalue weighted by molar-refractivity contribution is 5.74. The molecule has 1 rings (SSSR count). The Bertz CT molecular complexity index is 373. The van der Waals surface area contributed by atoms with Crippen molar-refractivity contribution in [1.82, 2.24) is 9.99 Å². The largest absolute Gasteiger partial charge is 0.316 e. The summed E-state index contributed by atoms with van der Waals surface area (Å²) in [5.41, 5.74) is 2.05. The molecule has 15 heavy (non-hydrogen) atoms. The summed E-state index contributed by atoms with van der Waals surface area (Å²) in [6, 6.07) is 5.04. The molecule has 3 N–H and O–H groups in total. The van der Waals surface area contributed by atoms with Crippen LogP contribution in [0.15, 0.2) is 29.2 Å². The van der Waals surface area contributed by atoms with E-state index < -0.39 is 0 Å². The number of hydrogen-bond donors (Lipinski definition) is 2. The molecule has 0 aliphatic rings. The molecule has 0 aromatic carbocycles. The van der Waals surface area contributed by atoms with Crippen LogP contribution >= 0.6 is 0 Å². The normalized spacial score (nSPS) is 9.93. The van der Waals surface area contributed by atoms with Gasteiger partial charge < -0.3 is 4.57 Å². The smallest absolute Gasteiger partial charge is 0.250 e. The summed E-state index contributed by atoms with van der Waals surface area (Å²) >= 11 is 0. The monoisotopic (exact) mass is 209 g/mol. The van der Waals surface area contributed by atoms with Gasteiger partial charge >= 0.3 is 0 Å². The summed E-state index contributed by atoms with van der Waals surface area (Å²) in [5.74, 6) is 4.76. The zero-order valence-corrected chi connectivity index (χ0v) is 8.48. The van der Waals surface area contributed by atoms with Crippen molar-refractivity contribution in [3.63, 3.8) is 0 Å². The average molecular weight is 209 g/mol. The first kappa shape index (κ1) is 11.5. The number of unbranched alkanes of at least 4 members (excludes halogenated alkanes) is 1. The molecule has 0 atom stereocenters. The second kappa shape index (κ2) is 5.98. The Kier molecular flexibility index (Phi) is 4.56. The molecule has 0 bridgehead atoms. The maximum Gasteiger partial charge on any atom is 0.250 e. The number of carbonyl (C=O) groups excluding carboxylic acids is 1. The molecule has 0 saturated carbocycles. The first-order chi connectivity index (χ1) is 7.24. The average Bonchev–Trinajstić information content (AvgIpc) is 2.26. The van der Waals surface area contributed by atoms with Crippen molar-refractivity contribution in [1.29, 1.82) is 0 Å². The van der Waals surface area contributed by atoms with Gasteiger partial charge in [0.2, 0.25) is 11.5 Å². The Labute approximate surface area is 87.9 Å². The fraction of sp³-hybridized carbons (Fsp3) is 0.400. The lowest BCUT2D eigenvalue weighted by Crippen LogP contribution is -2.29. The molecule has 82 valence electrons. The second-order valence-corrected chi connectivity index (χ2v) is 3.26. The quantitative estimate of drug-likeness (QED) is 0.310. The van der Waals surface area contributed by atoms with E-state index in [9.17, 15) is 9.59 Å². The second-order valence-electron chi connectivity index (χ2n) is 3.26. The van der Waals surface area contributed by atoms with Gasteiger partial charge in [-0.3, -0.25) is 15.0 Å². The fourth-order valence-electron chi connectivity index (χ4n) is 1.29. The van der Waals surface area contributed by atoms with E-state index in [1.807, 2.05) is 6.07 Å². The van der Waals surface area contributed by atoms with E-state index in [0.717, 1.165) is 12.8 Å². The van der Waals surface area contributed by atoms with Crippen molar-refractivity contribution in [2.24, 2.45) is 5.84 Å². The van der Waals surface area contributed by atoms with Crippen molar-refractivity contribution < 1.29 is 4.79 Å². The van der Waals surface area contributed by atoms with Crippen LogP contribution < -0.4 is 16.8 Å². The maximum absolute atomic E-state index is 11.3. The van der Waals surface area contributed by atoms with E-state index in [2.05, 4.69) is 5.43 Å². The van der Waals surface area contributed by atoms with Crippen LogP contribution in [0.3, 0.4) is 0 Å². The minimum Gasteiger partial charge on any atom is -0.316 e. The van der Waals surface area contributed by atoms with E-state index in [1.54, 1.807) is 16.8 Å². The molecule has 5 heteroatoms. The van der Waals surface area contributed by atoms with Crippen LogP contribution in [0.5, 0.6) is 0 Å². The summed E-state index contributed by atoms with van der Waals surface area (Å²) in [6.45, 7) is 0.636. The van der Waals surface area contributed by atoms with Crippen molar-refractivity contribution >= 4 is 5.91 Å². The van der Waals surface area contributed by atoms with Crippen LogP contribution in [-0.4, -0.2) is 10.5 Å². The molecular formula is C10H15N3O2. The predicted octanol–water partition coefficient (Wildman–Crippen LogP) is 0.00850. The van der Waals surface area contributed by atoms with Gasteiger partial charge in [0.15, 0.2) is 0 Å². The Morgan fingerprint density at radius 2 is 2.20 bits per heavy atom. The molecule has 5 nitrogen and oxygen atoms in total. The van der Waals surface area contributed by atoms with E-state index in [1.165, 1.54) is 6.07 Å². The van der Waals surface area contributed by atoms with Crippen LogP contribution in [0.2, 0.25) is 0 Å². The number of hydrazine groups is 1. The van der Waals surface area contributed by atoms with Crippen LogP contribution in [0.25, 0.3) is 0 Å². The van der Waals surface area contributed by atoms with Crippen LogP contribution in [0.4, 0.5) is 0 Å². The highest BCUT2D eigenvalue weighted by Crippen LogP contribution is 1.97. The number of hydrogen-bond acceptors (Lipinski definition) is 3. The summed E-state index contributed by atoms with van der Waals surface area (Å²) < 4.78 is 1.63. The molecule has 0 saturated heterocycles. The Hall–Kier alpha value is -1.62. The summed E-state index contributed by atoms with van der Waals surface area (Å²) in [4.78, 5) is 22.1. The third-order valence-corrected chi connectivity index (χ3v) is 2.11. The topological polar surface area (TPSA) is 77.1 Å². The Morgan fingerprint density at radius 3 is 2.87 bits per heavy atom. The Morgan fingerprint density at radius 1 is 1.40 bits per heavy atom. The molecule has 0 fully saturated rings. The third kappa shape index (κ3) is 3.95. The molecule has 1 aromatic rings. The van der Waals surface area contributed by atoms with Crippen molar-refractivity contribution in [3.05, 3.63) is 34.7 Å². The summed E-state index contributed by atoms with van der Waals surface area (Å²) in [6.07, 6.45) is 3.66. The van der Waals surface area contributed by atoms with Gasteiger partial charge in [0.25, 0.3) is 0 Å². The maximum atomic E-state index is 11.3. The van der Waals surface area contributed by atoms with Crippen molar-refractivity contribution in [2.75, 3.05) is 0 Å². The van der Waals surface area contributed by atoms with Gasteiger partial charge in [-0.15, -0.1) is 0 Å². The molecule has 1 amide bonds. The van der Waals surface area contributed by atoms with Crippen LogP contribution in [-0.2, 0) is 11.3 Å². The highest BCUT2D eigenvalue weighted by atomic mass is 16.2. The number of nitrogens with two attached hydrogens (primary N) is 1. The summed E-state index contributed by atoms with van der Waals surface area (Å²) in [5, 5.41) is 0. The number of pyridine rings is 1. The molecule has 0 unspecified atom stereocenters. The number of aromatic nitrogens is 1. The molecular weight excluding hydrogens is 194 g/mol. The lowest BCUT2D eigenvalue weighted by atomic mass is 10.2. The first-order valence-electron chi connectivity index (χ1n) is 4.89. The van der Waals surface area contributed by atoms with Gasteiger partial charge in [-0.2, -0.15) is 0 Å². The molecule has 1 aromatic heterocycles. The molecule has 0 aliphatic heterocycles. The Balaban J connectivity index is 2.29. The molecule has 0 radical (unpaired) electrons. The van der Waals surface area contributed by atoms with E-state index in [-0.39, 0.29) is 11.5 Å². The minimum atomic E-state index is -0.171. The molecule has 0 aliphatic carbocycles. The fourth-order valence-corrected chi connectivity index (χ4v) is 1.29. The first-order valence-corrected chi connectivity index (χ1v) is 4.89. The zero-order valence-electron chi connectivity index (χ0n) is 8.48. The number of nitrogens with one attached hydrogen (secondary N) is 1. The number of nitrogens with zero attached hydrogens (tertiary/aromatic N) is 1. The van der Waals surface area contributed by atoms with Gasteiger partial charge in [-0.25, -0.2) is 5.84 Å². The SMILES string of the molecule is NNC(=O)CCCCn1ccccc1=O. The molecule has 0 spiro atoms. The van der Waals surface area contributed by atoms with Gasteiger partial charge in [0, 0.05) is 25.2 Å².